The second-order valence-electron chi connectivity index (χ2n) is 6.60. The quantitative estimate of drug-likeness (QED) is 0.297. The van der Waals surface area contributed by atoms with Crippen molar-refractivity contribution in [2.24, 2.45) is 0 Å². The number of halogens is 2. The van der Waals surface area contributed by atoms with Crippen LogP contribution in [0.2, 0.25) is 5.02 Å². The Labute approximate surface area is 202 Å². The Bertz CT molecular complexity index is 1370. The predicted molar refractivity (Wildman–Crippen MR) is 132 cm³/mol. The van der Waals surface area contributed by atoms with Gasteiger partial charge < -0.3 is 0 Å². The van der Waals surface area contributed by atoms with Crippen LogP contribution in [-0.2, 0) is 10.0 Å². The first-order chi connectivity index (χ1) is 15.3. The lowest BCUT2D eigenvalue weighted by atomic mass is 10.2. The number of carbonyl (C=O) groups excluding carboxylic acids is 1. The molecule has 10 heteroatoms. The zero-order valence-corrected chi connectivity index (χ0v) is 20.2. The van der Waals surface area contributed by atoms with Crippen LogP contribution in [0, 0.1) is 0 Å². The summed E-state index contributed by atoms with van der Waals surface area (Å²) in [6.45, 7) is 0. The molecule has 0 bridgehead atoms. The number of anilines is 2. The normalized spacial score (nSPS) is 11.2. The van der Waals surface area contributed by atoms with Crippen LogP contribution in [-0.4, -0.2) is 19.3 Å². The van der Waals surface area contributed by atoms with Gasteiger partial charge in [0.1, 0.15) is 0 Å². The van der Waals surface area contributed by atoms with Crippen molar-refractivity contribution >= 4 is 65.6 Å². The van der Waals surface area contributed by atoms with Gasteiger partial charge in [-0.05, 0) is 48.5 Å². The molecule has 0 saturated heterocycles. The number of benzene rings is 3. The van der Waals surface area contributed by atoms with Crippen molar-refractivity contribution in [3.63, 3.8) is 0 Å². The molecule has 0 saturated carbocycles. The number of thiazole rings is 1. The number of nitrogens with one attached hydrogen (secondary N) is 2. The number of carbonyl (C=O) groups is 1. The molecular formula is C22H15BrClN3O3S2. The predicted octanol–water partition coefficient (Wildman–Crippen LogP) is 6.28. The minimum atomic E-state index is -3.90. The van der Waals surface area contributed by atoms with Crippen LogP contribution in [0.15, 0.2) is 87.5 Å². The molecule has 0 fully saturated rings. The maximum Gasteiger partial charge on any atom is 0.261 e. The van der Waals surface area contributed by atoms with Crippen molar-refractivity contribution in [2.75, 3.05) is 10.0 Å². The first-order valence-electron chi connectivity index (χ1n) is 9.22. The van der Waals surface area contributed by atoms with Gasteiger partial charge in [0.15, 0.2) is 5.13 Å². The number of nitrogens with zero attached hydrogens (tertiary/aromatic N) is 1. The summed E-state index contributed by atoms with van der Waals surface area (Å²) in [6, 6.07) is 19.8. The second kappa shape index (κ2) is 9.41. The Hall–Kier alpha value is -2.72. The Kier molecular flexibility index (Phi) is 6.61. The van der Waals surface area contributed by atoms with Gasteiger partial charge in [-0.2, -0.15) is 0 Å². The molecule has 0 unspecified atom stereocenters. The summed E-state index contributed by atoms with van der Waals surface area (Å²) in [6.07, 6.45) is 0. The largest absolute Gasteiger partial charge is 0.298 e. The topological polar surface area (TPSA) is 88.2 Å². The van der Waals surface area contributed by atoms with E-state index in [-0.39, 0.29) is 16.1 Å². The fourth-order valence-corrected chi connectivity index (χ4v) is 5.02. The van der Waals surface area contributed by atoms with E-state index in [9.17, 15) is 13.2 Å². The van der Waals surface area contributed by atoms with Gasteiger partial charge in [0.05, 0.1) is 21.8 Å². The molecule has 162 valence electrons. The van der Waals surface area contributed by atoms with Crippen LogP contribution < -0.4 is 10.0 Å². The van der Waals surface area contributed by atoms with Gasteiger partial charge in [-0.15, -0.1) is 11.3 Å². The molecule has 0 radical (unpaired) electrons. The molecule has 1 amide bonds. The van der Waals surface area contributed by atoms with Crippen LogP contribution in [0.5, 0.6) is 0 Å². The minimum absolute atomic E-state index is 0.0381. The van der Waals surface area contributed by atoms with Gasteiger partial charge in [-0.3, -0.25) is 14.8 Å². The molecular weight excluding hydrogens is 534 g/mol. The molecule has 2 N–H and O–H groups in total. The number of amides is 1. The summed E-state index contributed by atoms with van der Waals surface area (Å²) in [5.41, 5.74) is 1.98. The number of aromatic nitrogens is 1. The van der Waals surface area contributed by atoms with E-state index in [0.29, 0.717) is 10.2 Å². The van der Waals surface area contributed by atoms with E-state index in [0.717, 1.165) is 15.7 Å². The van der Waals surface area contributed by atoms with E-state index in [1.54, 1.807) is 12.1 Å². The van der Waals surface area contributed by atoms with Crippen LogP contribution >= 0.6 is 38.9 Å². The lowest BCUT2D eigenvalue weighted by Gasteiger charge is -2.12. The van der Waals surface area contributed by atoms with E-state index < -0.39 is 15.9 Å². The lowest BCUT2D eigenvalue weighted by Crippen LogP contribution is -2.18. The molecule has 0 spiro atoms. The molecule has 4 rings (SSSR count). The van der Waals surface area contributed by atoms with Crippen molar-refractivity contribution in [2.45, 2.75) is 4.90 Å². The smallest absolute Gasteiger partial charge is 0.261 e. The summed E-state index contributed by atoms with van der Waals surface area (Å²) in [7, 11) is -3.90. The van der Waals surface area contributed by atoms with Gasteiger partial charge in [-0.1, -0.05) is 51.8 Å². The third kappa shape index (κ3) is 5.18. The average Bonchev–Trinajstić information content (AvgIpc) is 3.23. The first-order valence-corrected chi connectivity index (χ1v) is 12.8. The van der Waals surface area contributed by atoms with Crippen LogP contribution in [0.1, 0.15) is 10.4 Å². The highest BCUT2D eigenvalue weighted by atomic mass is 79.9. The maximum absolute atomic E-state index is 12.9. The Morgan fingerprint density at radius 1 is 0.969 bits per heavy atom. The number of sulfonamides is 1. The van der Waals surface area contributed by atoms with Crippen molar-refractivity contribution in [3.05, 3.63) is 93.2 Å². The highest BCUT2D eigenvalue weighted by Crippen LogP contribution is 2.27. The van der Waals surface area contributed by atoms with Gasteiger partial charge in [0, 0.05) is 20.4 Å². The standard InChI is InChI=1S/C22H15BrClN3O3S2/c23-15-7-5-14(6-8-15)20-13-31-22(25-20)26-21(28)18-3-1-2-4-19(18)27-32(29,30)17-11-9-16(24)10-12-17/h1-13,27H,(H,25,26,28). The van der Waals surface area contributed by atoms with Gasteiger partial charge in [0.2, 0.25) is 0 Å². The maximum atomic E-state index is 12.9. The molecule has 0 aliphatic rings. The van der Waals surface area contributed by atoms with Crippen molar-refractivity contribution in [1.82, 2.24) is 4.98 Å². The van der Waals surface area contributed by atoms with Gasteiger partial charge in [0.25, 0.3) is 15.9 Å². The monoisotopic (exact) mass is 547 g/mol. The number of hydrogen-bond donors (Lipinski definition) is 2. The van der Waals surface area contributed by atoms with E-state index in [1.165, 1.54) is 47.7 Å². The number of rotatable bonds is 6. The summed E-state index contributed by atoms with van der Waals surface area (Å²) >= 11 is 10.5. The zero-order valence-electron chi connectivity index (χ0n) is 16.2. The third-order valence-corrected chi connectivity index (χ3v) is 7.32. The van der Waals surface area contributed by atoms with Crippen molar-refractivity contribution in [3.8, 4) is 11.3 Å². The fraction of sp³-hybridized carbons (Fsp3) is 0. The molecule has 4 aromatic rings. The summed E-state index contributed by atoms with van der Waals surface area (Å²) in [4.78, 5) is 17.4. The van der Waals surface area contributed by atoms with Gasteiger partial charge in [-0.25, -0.2) is 13.4 Å². The highest BCUT2D eigenvalue weighted by Gasteiger charge is 2.19. The summed E-state index contributed by atoms with van der Waals surface area (Å²) < 4.78 is 28.9. The fourth-order valence-electron chi connectivity index (χ4n) is 2.84. The highest BCUT2D eigenvalue weighted by molar-refractivity contribution is 9.10. The molecule has 6 nitrogen and oxygen atoms in total. The van der Waals surface area contributed by atoms with Crippen LogP contribution in [0.3, 0.4) is 0 Å². The minimum Gasteiger partial charge on any atom is -0.298 e. The van der Waals surface area contributed by atoms with E-state index in [2.05, 4.69) is 31.0 Å². The van der Waals surface area contributed by atoms with Crippen LogP contribution in [0.4, 0.5) is 10.8 Å². The number of hydrogen-bond acceptors (Lipinski definition) is 5. The van der Waals surface area contributed by atoms with Crippen molar-refractivity contribution < 1.29 is 13.2 Å². The molecule has 3 aromatic carbocycles. The van der Waals surface area contributed by atoms with E-state index in [1.807, 2.05) is 29.6 Å². The molecule has 1 aromatic heterocycles. The van der Waals surface area contributed by atoms with E-state index in [4.69, 9.17) is 11.6 Å². The van der Waals surface area contributed by atoms with Crippen molar-refractivity contribution in [1.29, 1.82) is 0 Å². The molecule has 0 aliphatic carbocycles. The van der Waals surface area contributed by atoms with Crippen LogP contribution in [0.25, 0.3) is 11.3 Å². The SMILES string of the molecule is O=C(Nc1nc(-c2ccc(Br)cc2)cs1)c1ccccc1NS(=O)(=O)c1ccc(Cl)cc1. The van der Waals surface area contributed by atoms with Gasteiger partial charge >= 0.3 is 0 Å². The molecule has 1 heterocycles. The lowest BCUT2D eigenvalue weighted by molar-refractivity contribution is 0.102. The Morgan fingerprint density at radius 2 is 1.66 bits per heavy atom. The van der Waals surface area contributed by atoms with E-state index >= 15 is 0 Å². The first kappa shape index (κ1) is 22.5. The second-order valence-corrected chi connectivity index (χ2v) is 10.5. The Balaban J connectivity index is 1.54. The zero-order chi connectivity index (χ0) is 22.7. The number of para-hydroxylation sites is 1. The Morgan fingerprint density at radius 3 is 2.38 bits per heavy atom. The molecule has 32 heavy (non-hydrogen) atoms. The summed E-state index contributed by atoms with van der Waals surface area (Å²) in [5.74, 6) is -0.476. The molecule has 0 atom stereocenters. The third-order valence-electron chi connectivity index (χ3n) is 4.40. The average molecular weight is 549 g/mol. The molecule has 0 aliphatic heterocycles. The summed E-state index contributed by atoms with van der Waals surface area (Å²) in [5, 5.41) is 5.41.